The first-order valence-corrected chi connectivity index (χ1v) is 11.6. The van der Waals surface area contributed by atoms with Crippen molar-refractivity contribution in [1.29, 1.82) is 0 Å². The monoisotopic (exact) mass is 520 g/mol. The molecule has 2 aromatic rings. The number of benzene rings is 2. The van der Waals surface area contributed by atoms with Crippen molar-refractivity contribution in [3.63, 3.8) is 0 Å². The van der Waals surface area contributed by atoms with Crippen molar-refractivity contribution in [2.24, 2.45) is 16.6 Å². The van der Waals surface area contributed by atoms with Crippen LogP contribution in [0.1, 0.15) is 38.3 Å². The predicted octanol–water partition coefficient (Wildman–Crippen LogP) is 3.71. The van der Waals surface area contributed by atoms with E-state index in [2.05, 4.69) is 29.5 Å². The van der Waals surface area contributed by atoms with Crippen molar-refractivity contribution in [3.05, 3.63) is 53.3 Å². The number of amides is 2. The third kappa shape index (κ3) is 12.0. The van der Waals surface area contributed by atoms with Crippen LogP contribution in [-0.2, 0) is 17.8 Å². The number of ether oxygens (including phenoxy) is 3. The van der Waals surface area contributed by atoms with Gasteiger partial charge in [-0.2, -0.15) is 4.99 Å². The molecule has 0 aromatic heterocycles. The molecular formula is C26H37FN4O6. The maximum atomic E-state index is 13.1. The second-order valence-corrected chi connectivity index (χ2v) is 8.56. The highest BCUT2D eigenvalue weighted by atomic mass is 19.1. The van der Waals surface area contributed by atoms with E-state index < -0.39 is 11.9 Å². The number of guanidine groups is 1. The molecule has 0 bridgehead atoms. The summed E-state index contributed by atoms with van der Waals surface area (Å²) in [6.07, 6.45) is -0.0253. The molecule has 11 heteroatoms. The number of rotatable bonds is 10. The van der Waals surface area contributed by atoms with Crippen LogP contribution < -0.4 is 30.6 Å². The second kappa shape index (κ2) is 15.9. The van der Waals surface area contributed by atoms with Crippen molar-refractivity contribution in [2.75, 3.05) is 21.3 Å². The average molecular weight is 521 g/mol. The molecule has 0 fully saturated rings. The summed E-state index contributed by atoms with van der Waals surface area (Å²) in [5, 5.41) is 13.5. The number of halogens is 1. The summed E-state index contributed by atoms with van der Waals surface area (Å²) in [6, 6.07) is 9.78. The fourth-order valence-corrected chi connectivity index (χ4v) is 3.39. The highest BCUT2D eigenvalue weighted by Crippen LogP contribution is 2.27. The Bertz CT molecular complexity index is 1060. The highest BCUT2D eigenvalue weighted by molar-refractivity contribution is 5.93. The lowest BCUT2D eigenvalue weighted by molar-refractivity contribution is -0.117. The normalized spacial score (nSPS) is 11.6. The number of hydrogen-bond acceptors (Lipinski definition) is 5. The maximum Gasteiger partial charge on any atom is 0.404 e. The van der Waals surface area contributed by atoms with E-state index >= 15 is 0 Å². The van der Waals surface area contributed by atoms with E-state index in [0.717, 1.165) is 12.0 Å². The SMILES string of the molecule is COc1ccc(CC(=O)N=C(N)N[C@H](C)CC(C)C)cc1OC.COc1ccc(CNC(=O)O)cc1F. The lowest BCUT2D eigenvalue weighted by Crippen LogP contribution is -2.39. The first-order valence-electron chi connectivity index (χ1n) is 11.6. The van der Waals surface area contributed by atoms with E-state index in [1.165, 1.54) is 19.2 Å². The molecule has 0 aliphatic rings. The summed E-state index contributed by atoms with van der Waals surface area (Å²) in [6.45, 7) is 6.36. The Morgan fingerprint density at radius 3 is 2.11 bits per heavy atom. The number of nitrogens with zero attached hydrogens (tertiary/aromatic N) is 1. The largest absolute Gasteiger partial charge is 0.494 e. The minimum Gasteiger partial charge on any atom is -0.494 e. The van der Waals surface area contributed by atoms with Crippen molar-refractivity contribution in [1.82, 2.24) is 10.6 Å². The van der Waals surface area contributed by atoms with Crippen LogP contribution in [0.3, 0.4) is 0 Å². The molecule has 2 amide bonds. The molecule has 204 valence electrons. The summed E-state index contributed by atoms with van der Waals surface area (Å²) in [5.41, 5.74) is 7.12. The van der Waals surface area contributed by atoms with Crippen LogP contribution in [-0.4, -0.2) is 50.4 Å². The molecule has 0 heterocycles. The highest BCUT2D eigenvalue weighted by Gasteiger charge is 2.10. The van der Waals surface area contributed by atoms with Crippen LogP contribution in [0.15, 0.2) is 41.4 Å². The molecule has 2 rings (SSSR count). The second-order valence-electron chi connectivity index (χ2n) is 8.56. The van der Waals surface area contributed by atoms with E-state index in [0.29, 0.717) is 23.0 Å². The van der Waals surface area contributed by atoms with Crippen molar-refractivity contribution in [2.45, 2.75) is 46.2 Å². The number of nitrogens with one attached hydrogen (secondary N) is 2. The minimum atomic E-state index is -1.14. The number of aliphatic imine (C=N–C) groups is 1. The number of carbonyl (C=O) groups is 2. The van der Waals surface area contributed by atoms with Crippen LogP contribution in [0.2, 0.25) is 0 Å². The quantitative estimate of drug-likeness (QED) is 0.274. The summed E-state index contributed by atoms with van der Waals surface area (Å²) < 4.78 is 28.2. The van der Waals surface area contributed by atoms with Crippen LogP contribution in [0.5, 0.6) is 17.2 Å². The van der Waals surface area contributed by atoms with Gasteiger partial charge in [0.2, 0.25) is 0 Å². The van der Waals surface area contributed by atoms with Gasteiger partial charge in [0.25, 0.3) is 5.91 Å². The van der Waals surface area contributed by atoms with Gasteiger partial charge in [-0.15, -0.1) is 0 Å². The van der Waals surface area contributed by atoms with Crippen molar-refractivity contribution < 1.29 is 33.3 Å². The Morgan fingerprint density at radius 2 is 1.57 bits per heavy atom. The van der Waals surface area contributed by atoms with Gasteiger partial charge >= 0.3 is 6.09 Å². The van der Waals surface area contributed by atoms with Gasteiger partial charge in [0.05, 0.1) is 27.8 Å². The minimum absolute atomic E-state index is 0.0796. The molecule has 0 radical (unpaired) electrons. The lowest BCUT2D eigenvalue weighted by Gasteiger charge is -2.16. The molecule has 0 spiro atoms. The van der Waals surface area contributed by atoms with Gasteiger partial charge in [-0.3, -0.25) is 4.79 Å². The molecular weight excluding hydrogens is 483 g/mol. The van der Waals surface area contributed by atoms with E-state index in [9.17, 15) is 14.0 Å². The smallest absolute Gasteiger partial charge is 0.404 e. The zero-order valence-corrected chi connectivity index (χ0v) is 22.1. The molecule has 2 aromatic carbocycles. The number of carboxylic acid groups (broad SMARTS) is 1. The Labute approximate surface area is 217 Å². The fourth-order valence-electron chi connectivity index (χ4n) is 3.39. The molecule has 5 N–H and O–H groups in total. The molecule has 10 nitrogen and oxygen atoms in total. The number of hydrogen-bond donors (Lipinski definition) is 4. The Kier molecular flexibility index (Phi) is 13.3. The third-order valence-corrected chi connectivity index (χ3v) is 4.93. The fraction of sp³-hybridized carbons (Fsp3) is 0.423. The molecule has 1 atom stereocenters. The topological polar surface area (TPSA) is 144 Å². The van der Waals surface area contributed by atoms with E-state index in [-0.39, 0.29) is 36.6 Å². The van der Waals surface area contributed by atoms with Crippen molar-refractivity contribution >= 4 is 18.0 Å². The summed E-state index contributed by atoms with van der Waals surface area (Å²) in [5.74, 6) is 1.24. The molecule has 37 heavy (non-hydrogen) atoms. The third-order valence-electron chi connectivity index (χ3n) is 4.93. The average Bonchev–Trinajstić information content (AvgIpc) is 2.82. The predicted molar refractivity (Wildman–Crippen MR) is 140 cm³/mol. The Morgan fingerprint density at radius 1 is 0.973 bits per heavy atom. The van der Waals surface area contributed by atoms with Crippen LogP contribution >= 0.6 is 0 Å². The van der Waals surface area contributed by atoms with Gasteiger partial charge in [-0.25, -0.2) is 9.18 Å². The Balaban J connectivity index is 0.000000417. The van der Waals surface area contributed by atoms with E-state index in [1.54, 1.807) is 38.5 Å². The van der Waals surface area contributed by atoms with Gasteiger partial charge < -0.3 is 35.7 Å². The maximum absolute atomic E-state index is 13.1. The van der Waals surface area contributed by atoms with Crippen LogP contribution in [0.4, 0.5) is 9.18 Å². The van der Waals surface area contributed by atoms with Crippen molar-refractivity contribution in [3.8, 4) is 17.2 Å². The summed E-state index contributed by atoms with van der Waals surface area (Å²) in [7, 11) is 4.49. The van der Waals surface area contributed by atoms with Gasteiger partial charge in [0, 0.05) is 12.6 Å². The first-order chi connectivity index (χ1) is 17.5. The molecule has 0 saturated heterocycles. The van der Waals surface area contributed by atoms with Crippen LogP contribution in [0, 0.1) is 11.7 Å². The zero-order valence-electron chi connectivity index (χ0n) is 22.1. The van der Waals surface area contributed by atoms with Gasteiger partial charge in [0.15, 0.2) is 29.0 Å². The zero-order chi connectivity index (χ0) is 28.0. The summed E-state index contributed by atoms with van der Waals surface area (Å²) >= 11 is 0. The molecule has 0 saturated carbocycles. The standard InChI is InChI=1S/C17H27N3O3.C9H10FNO3/c1-11(2)8-12(3)19-17(18)20-16(21)10-13-6-7-14(22-4)15(9-13)23-5;1-14-8-3-2-6(4-7(8)10)5-11-9(12)13/h6-7,9,11-12H,8,10H2,1-5H3,(H3,18,19,20,21);2-4,11H,5H2,1H3,(H,12,13)/t12-;/m1./s1. The van der Waals surface area contributed by atoms with Gasteiger partial charge in [0.1, 0.15) is 0 Å². The molecule has 0 unspecified atom stereocenters. The number of methoxy groups -OCH3 is 3. The van der Waals surface area contributed by atoms with Gasteiger partial charge in [-0.05, 0) is 54.7 Å². The lowest BCUT2D eigenvalue weighted by atomic mass is 10.1. The van der Waals surface area contributed by atoms with E-state index in [4.69, 9.17) is 25.1 Å². The molecule has 0 aliphatic heterocycles. The summed E-state index contributed by atoms with van der Waals surface area (Å²) in [4.78, 5) is 26.0. The van der Waals surface area contributed by atoms with E-state index in [1.807, 2.05) is 6.92 Å². The number of carbonyl (C=O) groups excluding carboxylic acids is 1. The number of nitrogens with two attached hydrogens (primary N) is 1. The van der Waals surface area contributed by atoms with Crippen LogP contribution in [0.25, 0.3) is 0 Å². The molecule has 0 aliphatic carbocycles. The van der Waals surface area contributed by atoms with Gasteiger partial charge in [-0.1, -0.05) is 26.0 Å². The Hall–Kier alpha value is -4.02. The first kappa shape index (κ1) is 31.0.